The van der Waals surface area contributed by atoms with E-state index in [0.29, 0.717) is 0 Å². The smallest absolute Gasteiger partial charge is 0.317 e. The lowest BCUT2D eigenvalue weighted by Crippen LogP contribution is -2.12. The van der Waals surface area contributed by atoms with E-state index in [0.717, 1.165) is 0 Å². The fraction of sp³-hybridized carbons (Fsp3) is 0.500. The van der Waals surface area contributed by atoms with Crippen LogP contribution in [0, 0.1) is 5.92 Å². The van der Waals surface area contributed by atoms with Gasteiger partial charge in [0.15, 0.2) is 0 Å². The average Bonchev–Trinajstić information content (AvgIpc) is 2.09. The average molecular weight is 158 g/mol. The van der Waals surface area contributed by atoms with Crippen LogP contribution in [0.2, 0.25) is 0 Å². The predicted molar refractivity (Wildman–Crippen MR) is 31.5 cm³/mol. The minimum absolute atomic E-state index is 0.106. The molecule has 0 spiro atoms. The summed E-state index contributed by atoms with van der Waals surface area (Å²) in [5.41, 5.74) is 0. The van der Waals surface area contributed by atoms with E-state index in [1.54, 1.807) is 0 Å². The molecule has 1 aliphatic rings. The Morgan fingerprint density at radius 1 is 1.64 bits per heavy atom. The molecule has 5 heteroatoms. The Bertz CT molecular complexity index is 219. The van der Waals surface area contributed by atoms with Crippen molar-refractivity contribution in [3.63, 3.8) is 0 Å². The van der Waals surface area contributed by atoms with Crippen LogP contribution in [0.5, 0.6) is 0 Å². The van der Waals surface area contributed by atoms with E-state index in [-0.39, 0.29) is 12.8 Å². The molecule has 1 unspecified atom stereocenters. The molecule has 1 aliphatic heterocycles. The number of cyclic esters (lactones) is 2. The molecule has 1 saturated heterocycles. The number of hydrogen-bond donors (Lipinski definition) is 1. The number of rotatable bonds is 2. The topological polar surface area (TPSA) is 80.7 Å². The van der Waals surface area contributed by atoms with Gasteiger partial charge in [0.2, 0.25) is 0 Å². The molecule has 5 nitrogen and oxygen atoms in total. The highest BCUT2D eigenvalue weighted by Gasteiger charge is 2.34. The van der Waals surface area contributed by atoms with Gasteiger partial charge in [-0.3, -0.25) is 14.4 Å². The molecule has 0 aromatic carbocycles. The van der Waals surface area contributed by atoms with Crippen molar-refractivity contribution in [1.82, 2.24) is 0 Å². The van der Waals surface area contributed by atoms with Crippen molar-refractivity contribution in [1.29, 1.82) is 0 Å². The quantitative estimate of drug-likeness (QED) is 0.435. The Kier molecular flexibility index (Phi) is 1.89. The highest BCUT2D eigenvalue weighted by molar-refractivity contribution is 5.96. The summed E-state index contributed by atoms with van der Waals surface area (Å²) >= 11 is 0. The Balaban J connectivity index is 2.53. The second-order valence-corrected chi connectivity index (χ2v) is 2.29. The van der Waals surface area contributed by atoms with Crippen molar-refractivity contribution >= 4 is 17.9 Å². The van der Waals surface area contributed by atoms with Crippen molar-refractivity contribution in [2.45, 2.75) is 12.8 Å². The molecule has 0 aromatic heterocycles. The number of aliphatic carboxylic acids is 1. The molecule has 11 heavy (non-hydrogen) atoms. The van der Waals surface area contributed by atoms with E-state index in [9.17, 15) is 14.4 Å². The number of ether oxygens (including phenoxy) is 1. The van der Waals surface area contributed by atoms with Crippen LogP contribution in [-0.2, 0) is 19.1 Å². The second-order valence-electron chi connectivity index (χ2n) is 2.29. The van der Waals surface area contributed by atoms with E-state index < -0.39 is 23.8 Å². The number of carbonyl (C=O) groups is 3. The van der Waals surface area contributed by atoms with Crippen LogP contribution in [0.4, 0.5) is 0 Å². The van der Waals surface area contributed by atoms with Crippen LogP contribution in [0.1, 0.15) is 12.8 Å². The largest absolute Gasteiger partial charge is 0.481 e. The molecule has 0 bridgehead atoms. The molecule has 60 valence electrons. The van der Waals surface area contributed by atoms with Gasteiger partial charge >= 0.3 is 17.9 Å². The molecular formula is C6H6O5. The predicted octanol–water partition coefficient (Wildman–Crippen LogP) is -0.449. The summed E-state index contributed by atoms with van der Waals surface area (Å²) in [5, 5.41) is 8.26. The Labute approximate surface area is 62.0 Å². The first-order valence-corrected chi connectivity index (χ1v) is 3.06. The maximum atomic E-state index is 10.6. The molecule has 0 aromatic rings. The highest BCUT2D eigenvalue weighted by atomic mass is 16.6. The van der Waals surface area contributed by atoms with Crippen molar-refractivity contribution in [2.75, 3.05) is 0 Å². The first-order valence-electron chi connectivity index (χ1n) is 3.06. The van der Waals surface area contributed by atoms with Crippen LogP contribution in [0.3, 0.4) is 0 Å². The summed E-state index contributed by atoms with van der Waals surface area (Å²) in [5.74, 6) is -3.24. The van der Waals surface area contributed by atoms with Crippen LogP contribution in [0.15, 0.2) is 0 Å². The Morgan fingerprint density at radius 3 is 2.64 bits per heavy atom. The third-order valence-corrected chi connectivity index (χ3v) is 1.38. The molecule has 1 rings (SSSR count). The molecule has 1 fully saturated rings. The zero-order valence-electron chi connectivity index (χ0n) is 5.57. The van der Waals surface area contributed by atoms with E-state index >= 15 is 0 Å². The van der Waals surface area contributed by atoms with Crippen molar-refractivity contribution in [2.24, 2.45) is 5.92 Å². The van der Waals surface area contributed by atoms with E-state index in [1.807, 2.05) is 0 Å². The fourth-order valence-electron chi connectivity index (χ4n) is 0.888. The minimum atomic E-state index is -1.10. The Morgan fingerprint density at radius 2 is 2.27 bits per heavy atom. The molecule has 0 amide bonds. The maximum absolute atomic E-state index is 10.6. The third-order valence-electron chi connectivity index (χ3n) is 1.38. The summed E-state index contributed by atoms with van der Waals surface area (Å²) in [7, 11) is 0. The van der Waals surface area contributed by atoms with Gasteiger partial charge in [-0.25, -0.2) is 0 Å². The lowest BCUT2D eigenvalue weighted by Gasteiger charge is -1.96. The zero-order chi connectivity index (χ0) is 8.43. The van der Waals surface area contributed by atoms with Gasteiger partial charge in [-0.15, -0.1) is 0 Å². The normalized spacial score (nSPS) is 23.5. The van der Waals surface area contributed by atoms with Crippen LogP contribution in [-0.4, -0.2) is 23.0 Å². The Hall–Kier alpha value is -1.39. The van der Waals surface area contributed by atoms with Gasteiger partial charge in [-0.05, 0) is 0 Å². The minimum Gasteiger partial charge on any atom is -0.481 e. The fourth-order valence-corrected chi connectivity index (χ4v) is 0.888. The highest BCUT2D eigenvalue weighted by Crippen LogP contribution is 2.18. The summed E-state index contributed by atoms with van der Waals surface area (Å²) < 4.78 is 4.13. The first-order chi connectivity index (χ1) is 5.09. The van der Waals surface area contributed by atoms with Crippen LogP contribution in [0.25, 0.3) is 0 Å². The van der Waals surface area contributed by atoms with Gasteiger partial charge in [0.25, 0.3) is 0 Å². The second kappa shape index (κ2) is 2.69. The molecule has 0 saturated carbocycles. The molecule has 0 aliphatic carbocycles. The number of carbonyl (C=O) groups excluding carboxylic acids is 2. The zero-order valence-corrected chi connectivity index (χ0v) is 5.57. The van der Waals surface area contributed by atoms with Crippen molar-refractivity contribution in [3.8, 4) is 0 Å². The summed E-state index contributed by atoms with van der Waals surface area (Å²) in [6.07, 6.45) is -0.435. The van der Waals surface area contributed by atoms with Crippen LogP contribution >= 0.6 is 0 Å². The molecule has 0 radical (unpaired) electrons. The van der Waals surface area contributed by atoms with E-state index in [2.05, 4.69) is 4.74 Å². The van der Waals surface area contributed by atoms with Gasteiger partial charge in [-0.2, -0.15) is 0 Å². The molecule has 1 N–H and O–H groups in total. The summed E-state index contributed by atoms with van der Waals surface area (Å²) in [6, 6.07) is 0. The van der Waals surface area contributed by atoms with E-state index in [1.165, 1.54) is 0 Å². The number of carboxylic acid groups (broad SMARTS) is 1. The van der Waals surface area contributed by atoms with Gasteiger partial charge in [0.05, 0.1) is 18.8 Å². The SMILES string of the molecule is O=C(O)CC1CC(=O)OC1=O. The lowest BCUT2D eigenvalue weighted by atomic mass is 10.0. The number of hydrogen-bond acceptors (Lipinski definition) is 4. The summed E-state index contributed by atoms with van der Waals surface area (Å²) in [6.45, 7) is 0. The third kappa shape index (κ3) is 1.76. The van der Waals surface area contributed by atoms with Gasteiger partial charge in [0.1, 0.15) is 0 Å². The van der Waals surface area contributed by atoms with Crippen molar-refractivity contribution < 1.29 is 24.2 Å². The lowest BCUT2D eigenvalue weighted by molar-refractivity contribution is -0.154. The van der Waals surface area contributed by atoms with Gasteiger partial charge < -0.3 is 9.84 Å². The monoisotopic (exact) mass is 158 g/mol. The maximum Gasteiger partial charge on any atom is 0.317 e. The van der Waals surface area contributed by atoms with Crippen molar-refractivity contribution in [3.05, 3.63) is 0 Å². The molecule has 1 heterocycles. The van der Waals surface area contributed by atoms with Gasteiger partial charge in [-0.1, -0.05) is 0 Å². The number of carboxylic acids is 1. The van der Waals surface area contributed by atoms with Gasteiger partial charge in [0, 0.05) is 0 Å². The van der Waals surface area contributed by atoms with Crippen LogP contribution < -0.4 is 0 Å². The first kappa shape index (κ1) is 7.71. The van der Waals surface area contributed by atoms with E-state index in [4.69, 9.17) is 5.11 Å². The standard InChI is InChI=1S/C6H6O5/c7-4(8)1-3-2-5(9)11-6(3)10/h3H,1-2H2,(H,7,8). The molecular weight excluding hydrogens is 152 g/mol. The number of esters is 2. The summed E-state index contributed by atoms with van der Waals surface area (Å²) in [4.78, 5) is 31.1. The molecule has 1 atom stereocenters.